The summed E-state index contributed by atoms with van der Waals surface area (Å²) in [5, 5.41) is 0. The zero-order chi connectivity index (χ0) is 12.4. The number of amides is 1. The van der Waals surface area contributed by atoms with Crippen LogP contribution in [-0.2, 0) is 4.79 Å². The Morgan fingerprint density at radius 1 is 1.35 bits per heavy atom. The van der Waals surface area contributed by atoms with Gasteiger partial charge in [-0.25, -0.2) is 0 Å². The predicted molar refractivity (Wildman–Crippen MR) is 71.2 cm³/mol. The lowest BCUT2D eigenvalue weighted by Crippen LogP contribution is -2.48. The molecular weight excluding hydrogens is 282 g/mol. The van der Waals surface area contributed by atoms with E-state index >= 15 is 0 Å². The largest absolute Gasteiger partial charge is 0.401 e. The fourth-order valence-corrected chi connectivity index (χ4v) is 2.89. The Morgan fingerprint density at radius 2 is 2.00 bits per heavy atom. The Hall–Kier alpha value is -0.810. The molecule has 0 spiro atoms. The molecule has 0 aromatic rings. The molecular formula is C12H18BrN3O. The summed E-state index contributed by atoms with van der Waals surface area (Å²) in [6.07, 6.45) is 7.01. The molecule has 1 heterocycles. The number of hydrogen-bond donors (Lipinski definition) is 2. The number of allylic oxidation sites excluding steroid dienone is 2. The van der Waals surface area contributed by atoms with Gasteiger partial charge in [0.25, 0.3) is 0 Å². The number of rotatable bonds is 1. The predicted octanol–water partition coefficient (Wildman–Crippen LogP) is 1.08. The Kier molecular flexibility index (Phi) is 3.89. The summed E-state index contributed by atoms with van der Waals surface area (Å²) >= 11 is 3.37. The van der Waals surface area contributed by atoms with Crippen molar-refractivity contribution in [3.05, 3.63) is 22.3 Å². The lowest BCUT2D eigenvalue weighted by Gasteiger charge is -2.33. The number of likely N-dealkylation sites (tertiary alicyclic amines) is 1. The van der Waals surface area contributed by atoms with Gasteiger partial charge in [0.15, 0.2) is 0 Å². The molecule has 0 aromatic carbocycles. The van der Waals surface area contributed by atoms with Crippen LogP contribution in [0.4, 0.5) is 0 Å². The summed E-state index contributed by atoms with van der Waals surface area (Å²) in [5.74, 6) is -0.224. The molecule has 2 aliphatic rings. The first-order valence-electron chi connectivity index (χ1n) is 5.98. The number of nitrogens with two attached hydrogens (primary N) is 2. The van der Waals surface area contributed by atoms with Crippen molar-refractivity contribution in [2.75, 3.05) is 13.1 Å². The van der Waals surface area contributed by atoms with Gasteiger partial charge in [-0.05, 0) is 25.3 Å². The summed E-state index contributed by atoms with van der Waals surface area (Å²) in [4.78, 5) is 14.3. The Morgan fingerprint density at radius 3 is 2.65 bits per heavy atom. The van der Waals surface area contributed by atoms with Gasteiger partial charge in [0, 0.05) is 23.3 Å². The van der Waals surface area contributed by atoms with Crippen LogP contribution in [0, 0.1) is 5.92 Å². The van der Waals surface area contributed by atoms with E-state index < -0.39 is 6.04 Å². The maximum absolute atomic E-state index is 12.4. The zero-order valence-corrected chi connectivity index (χ0v) is 11.3. The molecule has 2 atom stereocenters. The van der Waals surface area contributed by atoms with Crippen molar-refractivity contribution in [1.29, 1.82) is 0 Å². The Bertz CT molecular complexity index is 372. The standard InChI is InChI=1S/C12H18BrN3O/c13-8-6-9(11(15)10(14)7-8)12(17)16-4-2-1-3-5-16/h6-7,9,11H,1-5,14-15H2. The summed E-state index contributed by atoms with van der Waals surface area (Å²) in [6.45, 7) is 1.69. The van der Waals surface area contributed by atoms with Crippen molar-refractivity contribution >= 4 is 21.8 Å². The van der Waals surface area contributed by atoms with Crippen molar-refractivity contribution in [3.8, 4) is 0 Å². The second-order valence-electron chi connectivity index (χ2n) is 4.63. The average molecular weight is 300 g/mol. The molecule has 4 nitrogen and oxygen atoms in total. The minimum absolute atomic E-state index is 0.102. The normalized spacial score (nSPS) is 29.6. The van der Waals surface area contributed by atoms with E-state index in [-0.39, 0.29) is 11.8 Å². The third kappa shape index (κ3) is 2.72. The molecule has 0 aromatic heterocycles. The lowest BCUT2D eigenvalue weighted by molar-refractivity contribution is -0.135. The molecule has 1 aliphatic heterocycles. The molecule has 94 valence electrons. The number of nitrogens with zero attached hydrogens (tertiary/aromatic N) is 1. The smallest absolute Gasteiger partial charge is 0.231 e. The van der Waals surface area contributed by atoms with E-state index in [9.17, 15) is 4.79 Å². The first kappa shape index (κ1) is 12.6. The van der Waals surface area contributed by atoms with Gasteiger partial charge in [0.2, 0.25) is 5.91 Å². The third-order valence-electron chi connectivity index (χ3n) is 3.37. The van der Waals surface area contributed by atoms with Crippen LogP contribution >= 0.6 is 15.9 Å². The average Bonchev–Trinajstić information content (AvgIpc) is 2.34. The van der Waals surface area contributed by atoms with Gasteiger partial charge in [-0.1, -0.05) is 22.0 Å². The summed E-state index contributed by atoms with van der Waals surface area (Å²) in [5.41, 5.74) is 12.4. The van der Waals surface area contributed by atoms with Crippen LogP contribution in [-0.4, -0.2) is 29.9 Å². The molecule has 2 rings (SSSR count). The number of halogens is 1. The summed E-state index contributed by atoms with van der Waals surface area (Å²) < 4.78 is 0.840. The van der Waals surface area contributed by atoms with Crippen LogP contribution < -0.4 is 11.5 Å². The maximum atomic E-state index is 12.4. The zero-order valence-electron chi connectivity index (χ0n) is 9.73. The number of carbonyl (C=O) groups is 1. The van der Waals surface area contributed by atoms with Gasteiger partial charge < -0.3 is 16.4 Å². The van der Waals surface area contributed by atoms with Gasteiger partial charge in [-0.15, -0.1) is 0 Å². The quantitative estimate of drug-likeness (QED) is 0.761. The topological polar surface area (TPSA) is 72.4 Å². The van der Waals surface area contributed by atoms with Crippen LogP contribution in [0.3, 0.4) is 0 Å². The van der Waals surface area contributed by atoms with Crippen LogP contribution in [0.5, 0.6) is 0 Å². The van der Waals surface area contributed by atoms with Gasteiger partial charge in [0.1, 0.15) is 0 Å². The maximum Gasteiger partial charge on any atom is 0.231 e. The highest BCUT2D eigenvalue weighted by Gasteiger charge is 2.32. The van der Waals surface area contributed by atoms with E-state index in [1.807, 2.05) is 11.0 Å². The summed E-state index contributed by atoms with van der Waals surface area (Å²) in [6, 6.07) is -0.397. The van der Waals surface area contributed by atoms with Crippen LogP contribution in [0.2, 0.25) is 0 Å². The highest BCUT2D eigenvalue weighted by atomic mass is 79.9. The molecule has 5 heteroatoms. The Balaban J connectivity index is 2.11. The lowest BCUT2D eigenvalue weighted by atomic mass is 9.91. The molecule has 1 amide bonds. The van der Waals surface area contributed by atoms with Gasteiger partial charge in [0.05, 0.1) is 12.0 Å². The molecule has 17 heavy (non-hydrogen) atoms. The number of hydrogen-bond acceptors (Lipinski definition) is 3. The Labute approximate surface area is 110 Å². The van der Waals surface area contributed by atoms with Crippen LogP contribution in [0.25, 0.3) is 0 Å². The van der Waals surface area contributed by atoms with Gasteiger partial charge in [-0.2, -0.15) is 0 Å². The van der Waals surface area contributed by atoms with E-state index in [0.717, 1.165) is 30.4 Å². The minimum Gasteiger partial charge on any atom is -0.401 e. The minimum atomic E-state index is -0.397. The molecule has 1 aliphatic carbocycles. The van der Waals surface area contributed by atoms with E-state index in [4.69, 9.17) is 11.5 Å². The molecule has 4 N–H and O–H groups in total. The molecule has 0 saturated carbocycles. The van der Waals surface area contributed by atoms with Crippen molar-refractivity contribution in [2.24, 2.45) is 17.4 Å². The first-order chi connectivity index (χ1) is 8.09. The molecule has 2 unspecified atom stereocenters. The van der Waals surface area contributed by atoms with E-state index in [0.29, 0.717) is 5.70 Å². The van der Waals surface area contributed by atoms with Gasteiger partial charge >= 0.3 is 0 Å². The van der Waals surface area contributed by atoms with E-state index in [2.05, 4.69) is 15.9 Å². The van der Waals surface area contributed by atoms with E-state index in [1.165, 1.54) is 6.42 Å². The monoisotopic (exact) mass is 299 g/mol. The van der Waals surface area contributed by atoms with Crippen molar-refractivity contribution in [2.45, 2.75) is 25.3 Å². The van der Waals surface area contributed by atoms with E-state index in [1.54, 1.807) is 6.08 Å². The number of carbonyl (C=O) groups excluding carboxylic acids is 1. The first-order valence-corrected chi connectivity index (χ1v) is 6.77. The fourth-order valence-electron chi connectivity index (χ4n) is 2.34. The highest BCUT2D eigenvalue weighted by Crippen LogP contribution is 2.25. The molecule has 1 saturated heterocycles. The third-order valence-corrected chi connectivity index (χ3v) is 3.86. The van der Waals surface area contributed by atoms with Crippen LogP contribution in [0.1, 0.15) is 19.3 Å². The second kappa shape index (κ2) is 5.23. The van der Waals surface area contributed by atoms with Crippen molar-refractivity contribution in [1.82, 2.24) is 4.90 Å². The molecule has 1 fully saturated rings. The SMILES string of the molecule is NC1=CC(Br)=CC(C(=O)N2CCCCC2)C1N. The highest BCUT2D eigenvalue weighted by molar-refractivity contribution is 9.11. The van der Waals surface area contributed by atoms with Crippen molar-refractivity contribution < 1.29 is 4.79 Å². The molecule has 0 bridgehead atoms. The van der Waals surface area contributed by atoms with Gasteiger partial charge in [-0.3, -0.25) is 4.79 Å². The fraction of sp³-hybridized carbons (Fsp3) is 0.583. The molecule has 0 radical (unpaired) electrons. The number of piperidine rings is 1. The second-order valence-corrected chi connectivity index (χ2v) is 5.55. The van der Waals surface area contributed by atoms with Crippen LogP contribution in [0.15, 0.2) is 22.3 Å². The van der Waals surface area contributed by atoms with Crippen molar-refractivity contribution in [3.63, 3.8) is 0 Å². The summed E-state index contributed by atoms with van der Waals surface area (Å²) in [7, 11) is 0.